The van der Waals surface area contributed by atoms with Gasteiger partial charge in [-0.05, 0) is 17.7 Å². The van der Waals surface area contributed by atoms with E-state index in [1.165, 1.54) is 0 Å². The molecule has 0 saturated carbocycles. The number of aliphatic hydroxyl groups excluding tert-OH is 2. The molecule has 0 radical (unpaired) electrons. The van der Waals surface area contributed by atoms with Crippen LogP contribution in [0.25, 0.3) is 10.4 Å². The predicted octanol–water partition coefficient (Wildman–Crippen LogP) is 0.272. The Hall–Kier alpha value is -1.85. The lowest BCUT2D eigenvalue weighted by Gasteiger charge is -2.23. The Kier molecular flexibility index (Phi) is 4.07. The molecule has 1 aliphatic rings. The summed E-state index contributed by atoms with van der Waals surface area (Å²) in [5.41, 5.74) is 5.05. The number of rotatable bonds is 3. The van der Waals surface area contributed by atoms with E-state index in [4.69, 9.17) is 22.5 Å². The van der Waals surface area contributed by atoms with Crippen molar-refractivity contribution in [1.29, 1.82) is 0 Å². The summed E-state index contributed by atoms with van der Waals surface area (Å²) in [6, 6.07) is 0. The van der Waals surface area contributed by atoms with Crippen LogP contribution in [-0.4, -0.2) is 44.4 Å². The fourth-order valence-corrected chi connectivity index (χ4v) is 2.18. The molecule has 0 amide bonds. The number of aliphatic hydroxyl groups is 2. The lowest BCUT2D eigenvalue weighted by Crippen LogP contribution is -2.43. The van der Waals surface area contributed by atoms with Gasteiger partial charge in [-0.25, -0.2) is 4.39 Å². The quantitative estimate of drug-likeness (QED) is 0.318. The fourth-order valence-electron chi connectivity index (χ4n) is 1.93. The van der Waals surface area contributed by atoms with Crippen LogP contribution in [0, 0.1) is 10.6 Å². The number of H-pyrrole nitrogens is 1. The molecule has 114 valence electrons. The van der Waals surface area contributed by atoms with Crippen molar-refractivity contribution >= 4 is 12.2 Å². The number of aromatic amines is 1. The molecule has 3 N–H and O–H groups in total. The van der Waals surface area contributed by atoms with Crippen molar-refractivity contribution in [1.82, 2.24) is 9.55 Å². The summed E-state index contributed by atoms with van der Waals surface area (Å²) in [7, 11) is 0. The summed E-state index contributed by atoms with van der Waals surface area (Å²) in [4.78, 5) is 15.4. The first kappa shape index (κ1) is 15.5. The molecule has 0 bridgehead atoms. The van der Waals surface area contributed by atoms with Crippen molar-refractivity contribution < 1.29 is 23.7 Å². The first-order valence-electron chi connectivity index (χ1n) is 5.54. The SMILES string of the molecule is [N-]=[N+]=N[C@]1(CO)O[C@@H](n2cc(F)c(=O)[nH]c2=S)C(F)[C@H]1O. The Bertz CT molecular complexity index is 717. The zero-order chi connectivity index (χ0) is 15.8. The standard InChI is InChI=1S/C9H9F2N5O4S/c10-3-1-16(8(21)13-6(3)19)7-4(11)5(18)9(2-17,20-7)14-15-12/h1,4-5,7,17-18H,2H2,(H,13,19,21)/t4?,5-,7-,9-/m1/s1. The van der Waals surface area contributed by atoms with E-state index in [0.29, 0.717) is 10.8 Å². The van der Waals surface area contributed by atoms with Crippen LogP contribution in [0.5, 0.6) is 0 Å². The summed E-state index contributed by atoms with van der Waals surface area (Å²) in [5.74, 6) is -1.25. The lowest BCUT2D eigenvalue weighted by atomic mass is 10.1. The van der Waals surface area contributed by atoms with E-state index < -0.39 is 42.2 Å². The van der Waals surface area contributed by atoms with Gasteiger partial charge >= 0.3 is 0 Å². The van der Waals surface area contributed by atoms with Crippen molar-refractivity contribution in [2.75, 3.05) is 6.61 Å². The molecule has 1 aromatic rings. The van der Waals surface area contributed by atoms with Gasteiger partial charge in [-0.2, -0.15) is 4.39 Å². The number of halogens is 2. The number of nitrogens with zero attached hydrogens (tertiary/aromatic N) is 4. The monoisotopic (exact) mass is 321 g/mol. The Balaban J connectivity index is 2.52. The zero-order valence-electron chi connectivity index (χ0n) is 10.2. The highest BCUT2D eigenvalue weighted by atomic mass is 32.1. The van der Waals surface area contributed by atoms with E-state index in [0.717, 1.165) is 0 Å². The van der Waals surface area contributed by atoms with Crippen molar-refractivity contribution in [3.8, 4) is 0 Å². The highest BCUT2D eigenvalue weighted by Gasteiger charge is 2.55. The van der Waals surface area contributed by atoms with E-state index in [9.17, 15) is 23.8 Å². The minimum absolute atomic E-state index is 0.365. The Labute approximate surface area is 120 Å². The Morgan fingerprint density at radius 3 is 2.95 bits per heavy atom. The molecule has 1 fully saturated rings. The van der Waals surface area contributed by atoms with Crippen LogP contribution in [0.3, 0.4) is 0 Å². The zero-order valence-corrected chi connectivity index (χ0v) is 11.0. The van der Waals surface area contributed by atoms with E-state index >= 15 is 0 Å². The molecule has 2 heterocycles. The van der Waals surface area contributed by atoms with Crippen molar-refractivity contribution in [2.24, 2.45) is 5.11 Å². The van der Waals surface area contributed by atoms with Crippen LogP contribution in [0.1, 0.15) is 6.23 Å². The maximum atomic E-state index is 14.1. The van der Waals surface area contributed by atoms with Crippen LogP contribution in [0.4, 0.5) is 8.78 Å². The van der Waals surface area contributed by atoms with Crippen LogP contribution < -0.4 is 5.56 Å². The summed E-state index contributed by atoms with van der Waals surface area (Å²) in [6.07, 6.45) is -5.27. The fraction of sp³-hybridized carbons (Fsp3) is 0.556. The van der Waals surface area contributed by atoms with E-state index in [1.54, 1.807) is 0 Å². The third-order valence-electron chi connectivity index (χ3n) is 3.00. The smallest absolute Gasteiger partial charge is 0.287 e. The van der Waals surface area contributed by atoms with Crippen LogP contribution in [-0.2, 0) is 4.74 Å². The maximum Gasteiger partial charge on any atom is 0.287 e. The minimum Gasteiger partial charge on any atom is -0.393 e. The third-order valence-corrected chi connectivity index (χ3v) is 3.31. The minimum atomic E-state index is -2.26. The number of hydrogen-bond acceptors (Lipinski definition) is 6. The molecular formula is C9H9F2N5O4S. The van der Waals surface area contributed by atoms with Gasteiger partial charge in [-0.1, -0.05) is 5.11 Å². The van der Waals surface area contributed by atoms with Crippen LogP contribution >= 0.6 is 12.2 Å². The van der Waals surface area contributed by atoms with Gasteiger partial charge in [0.1, 0.15) is 6.10 Å². The van der Waals surface area contributed by atoms with Crippen molar-refractivity contribution in [3.05, 3.63) is 37.6 Å². The van der Waals surface area contributed by atoms with E-state index in [2.05, 4.69) is 10.0 Å². The summed E-state index contributed by atoms with van der Waals surface area (Å²) in [5, 5.41) is 22.0. The van der Waals surface area contributed by atoms with Crippen LogP contribution in [0.2, 0.25) is 0 Å². The Morgan fingerprint density at radius 1 is 1.71 bits per heavy atom. The van der Waals surface area contributed by atoms with Crippen LogP contribution in [0.15, 0.2) is 16.1 Å². The normalized spacial score (nSPS) is 31.9. The summed E-state index contributed by atoms with van der Waals surface area (Å²) < 4.78 is 32.8. The molecular weight excluding hydrogens is 312 g/mol. The predicted molar refractivity (Wildman–Crippen MR) is 65.8 cm³/mol. The number of ether oxygens (including phenoxy) is 1. The lowest BCUT2D eigenvalue weighted by molar-refractivity contribution is -0.124. The average molecular weight is 321 g/mol. The number of nitrogens with one attached hydrogen (secondary N) is 1. The second kappa shape index (κ2) is 5.50. The number of alkyl halides is 1. The second-order valence-electron chi connectivity index (χ2n) is 4.23. The van der Waals surface area contributed by atoms with Gasteiger partial charge < -0.3 is 14.9 Å². The third kappa shape index (κ3) is 2.43. The first-order chi connectivity index (χ1) is 9.86. The molecule has 2 rings (SSSR count). The maximum absolute atomic E-state index is 14.1. The first-order valence-corrected chi connectivity index (χ1v) is 5.95. The molecule has 1 aliphatic heterocycles. The number of hydrogen-bond donors (Lipinski definition) is 3. The molecule has 1 aromatic heterocycles. The molecule has 21 heavy (non-hydrogen) atoms. The highest BCUT2D eigenvalue weighted by Crippen LogP contribution is 2.39. The van der Waals surface area contributed by atoms with Gasteiger partial charge in [0, 0.05) is 4.91 Å². The molecule has 0 spiro atoms. The topological polar surface area (TPSA) is 136 Å². The molecule has 9 nitrogen and oxygen atoms in total. The Morgan fingerprint density at radius 2 is 2.38 bits per heavy atom. The molecule has 4 atom stereocenters. The molecule has 12 heteroatoms. The van der Waals surface area contributed by atoms with E-state index in [-0.39, 0.29) is 4.77 Å². The largest absolute Gasteiger partial charge is 0.393 e. The number of azide groups is 1. The van der Waals surface area contributed by atoms with Gasteiger partial charge in [-0.15, -0.1) is 0 Å². The van der Waals surface area contributed by atoms with E-state index in [1.807, 2.05) is 4.98 Å². The number of aromatic nitrogens is 2. The van der Waals surface area contributed by atoms with Gasteiger partial charge in [0.15, 0.2) is 17.2 Å². The summed E-state index contributed by atoms with van der Waals surface area (Å²) >= 11 is 4.75. The van der Waals surface area contributed by atoms with Gasteiger partial charge in [0.2, 0.25) is 11.5 Å². The molecule has 0 aliphatic carbocycles. The molecule has 1 saturated heterocycles. The molecule has 0 aromatic carbocycles. The second-order valence-corrected chi connectivity index (χ2v) is 4.62. The average Bonchev–Trinajstić information content (AvgIpc) is 2.69. The van der Waals surface area contributed by atoms with Gasteiger partial charge in [-0.3, -0.25) is 14.3 Å². The highest BCUT2D eigenvalue weighted by molar-refractivity contribution is 7.71. The van der Waals surface area contributed by atoms with Crippen molar-refractivity contribution in [3.63, 3.8) is 0 Å². The van der Waals surface area contributed by atoms with Gasteiger partial charge in [0.05, 0.1) is 12.8 Å². The van der Waals surface area contributed by atoms with Crippen molar-refractivity contribution in [2.45, 2.75) is 24.2 Å². The summed E-state index contributed by atoms with van der Waals surface area (Å²) in [6.45, 7) is -1.01. The van der Waals surface area contributed by atoms with Gasteiger partial charge in [0.25, 0.3) is 5.56 Å². The molecule has 1 unspecified atom stereocenters.